The Morgan fingerprint density at radius 3 is 2.02 bits per heavy atom. The van der Waals surface area contributed by atoms with E-state index in [0.717, 1.165) is 16.5 Å². The van der Waals surface area contributed by atoms with Gasteiger partial charge in [0.15, 0.2) is 33.0 Å². The molecular weight excluding hydrogens is 718 g/mol. The fourth-order valence-electron chi connectivity index (χ4n) is 7.68. The summed E-state index contributed by atoms with van der Waals surface area (Å²) in [5, 5.41) is 9.89. The van der Waals surface area contributed by atoms with Crippen LogP contribution in [0.15, 0.2) is 60.7 Å². The molecule has 3 aromatic carbocycles. The van der Waals surface area contributed by atoms with Crippen LogP contribution in [0.25, 0.3) is 6.08 Å². The van der Waals surface area contributed by atoms with Crippen LogP contribution in [0.1, 0.15) is 29.9 Å². The summed E-state index contributed by atoms with van der Waals surface area (Å²) in [5.74, 6) is -21.9. The summed E-state index contributed by atoms with van der Waals surface area (Å²) in [5.41, 5.74) is -0.696. The maximum atomic E-state index is 15.2. The molecule has 0 spiro atoms. The quantitative estimate of drug-likeness (QED) is 0.0767. The van der Waals surface area contributed by atoms with Gasteiger partial charge in [-0.15, -0.1) is 23.2 Å². The van der Waals surface area contributed by atoms with Crippen molar-refractivity contribution in [2.45, 2.75) is 28.5 Å². The van der Waals surface area contributed by atoms with Crippen LogP contribution < -0.4 is 9.80 Å². The number of alkyl halides is 2. The highest BCUT2D eigenvalue weighted by atomic mass is 35.5. The lowest BCUT2D eigenvalue weighted by Crippen LogP contribution is -2.60. The number of anilines is 2. The number of amides is 4. The van der Waals surface area contributed by atoms with E-state index in [1.807, 2.05) is 0 Å². The molecule has 7 nitrogen and oxygen atoms in total. The van der Waals surface area contributed by atoms with E-state index in [1.165, 1.54) is 12.1 Å². The zero-order valence-electron chi connectivity index (χ0n) is 24.6. The third-order valence-electron chi connectivity index (χ3n) is 9.90. The van der Waals surface area contributed by atoms with Gasteiger partial charge in [0.2, 0.25) is 17.6 Å². The first-order chi connectivity index (χ1) is 23.1. The maximum Gasteiger partial charge on any atom is 0.258 e. The summed E-state index contributed by atoms with van der Waals surface area (Å²) in [7, 11) is 0. The van der Waals surface area contributed by atoms with Crippen molar-refractivity contribution >= 4 is 75.9 Å². The average Bonchev–Trinajstić information content (AvgIpc) is 3.41. The van der Waals surface area contributed by atoms with Crippen molar-refractivity contribution in [2.75, 3.05) is 9.80 Å². The van der Waals surface area contributed by atoms with E-state index >= 15 is 8.78 Å². The van der Waals surface area contributed by atoms with E-state index in [9.17, 15) is 37.5 Å². The average molecular weight is 738 g/mol. The Balaban J connectivity index is 1.43. The maximum absolute atomic E-state index is 15.2. The predicted molar refractivity (Wildman–Crippen MR) is 169 cm³/mol. The van der Waals surface area contributed by atoms with Gasteiger partial charge in [0.05, 0.1) is 17.5 Å². The number of fused-ring (bicyclic) bond motifs is 4. The number of hydrogen-bond acceptors (Lipinski definition) is 5. The summed E-state index contributed by atoms with van der Waals surface area (Å²) in [6, 6.07) is 9.90. The van der Waals surface area contributed by atoms with E-state index < -0.39 is 98.2 Å². The molecule has 2 aliphatic heterocycles. The van der Waals surface area contributed by atoms with Gasteiger partial charge < -0.3 is 5.11 Å². The molecule has 1 saturated carbocycles. The molecule has 7 rings (SSSR count). The van der Waals surface area contributed by atoms with Gasteiger partial charge in [-0.05, 0) is 54.2 Å². The molecule has 2 saturated heterocycles. The molecule has 4 amide bonds. The van der Waals surface area contributed by atoms with E-state index in [-0.39, 0.29) is 38.9 Å². The molecule has 2 heterocycles. The second-order valence-corrected chi connectivity index (χ2v) is 13.9. The molecule has 0 radical (unpaired) electrons. The normalized spacial score (nSPS) is 29.2. The van der Waals surface area contributed by atoms with E-state index in [4.69, 9.17) is 34.8 Å². The fourth-order valence-corrected chi connectivity index (χ4v) is 8.89. The number of benzene rings is 3. The van der Waals surface area contributed by atoms with Gasteiger partial charge in [-0.2, -0.15) is 0 Å². The Kier molecular flexibility index (Phi) is 7.55. The van der Waals surface area contributed by atoms with Gasteiger partial charge >= 0.3 is 0 Å². The van der Waals surface area contributed by atoms with Crippen LogP contribution in [-0.4, -0.2) is 38.5 Å². The minimum absolute atomic E-state index is 0.0112. The standard InChI is InChI=1S/C34H20Cl3F5N2O5/c1-2-13-3-5-14(6-4-13)43-29(46)18-10-9-16-19(21(18)30(43)47)12-33(36)31(48)44(28-26(41)24(39)23(38)25(40)27(28)42)32(49)34(33,37)22(16)17-8-7-15(45)11-20(17)35/h2-9,11,18-19,21-22,45H,1,10,12H2/t18-,19+,21-,22+,33+,34-/m0/s1. The van der Waals surface area contributed by atoms with Gasteiger partial charge in [-0.1, -0.05) is 54.1 Å². The van der Waals surface area contributed by atoms with Crippen molar-refractivity contribution in [3.05, 3.63) is 106 Å². The zero-order valence-corrected chi connectivity index (χ0v) is 26.9. The highest BCUT2D eigenvalue weighted by Crippen LogP contribution is 2.66. The number of rotatable bonds is 4. The minimum atomic E-state index is -2.73. The molecule has 6 atom stereocenters. The summed E-state index contributed by atoms with van der Waals surface area (Å²) in [4.78, 5) is 51.8. The van der Waals surface area contributed by atoms with Gasteiger partial charge in [-0.25, -0.2) is 26.9 Å². The molecule has 0 aromatic heterocycles. The third kappa shape index (κ3) is 4.26. The van der Waals surface area contributed by atoms with Crippen LogP contribution in [0.2, 0.25) is 5.02 Å². The molecule has 49 heavy (non-hydrogen) atoms. The molecule has 3 fully saturated rings. The van der Waals surface area contributed by atoms with Gasteiger partial charge in [0, 0.05) is 10.9 Å². The Bertz CT molecular complexity index is 2070. The van der Waals surface area contributed by atoms with Crippen LogP contribution >= 0.6 is 34.8 Å². The molecule has 1 N–H and O–H groups in total. The Morgan fingerprint density at radius 1 is 0.816 bits per heavy atom. The van der Waals surface area contributed by atoms with Crippen LogP contribution in [-0.2, 0) is 19.2 Å². The number of halogens is 8. The van der Waals surface area contributed by atoms with Crippen molar-refractivity contribution in [1.82, 2.24) is 0 Å². The SMILES string of the molecule is C=Cc1ccc(N2C(=O)[C@H]3[C@H](CC=C4[C@H]3C[C@@]3(Cl)C(=O)N(c5c(F)c(F)c(F)c(F)c5F)C(=O)[C@@]3(Cl)[C@H]4c3ccc(O)cc3Cl)C2=O)cc1. The van der Waals surface area contributed by atoms with E-state index in [1.54, 1.807) is 36.4 Å². The summed E-state index contributed by atoms with van der Waals surface area (Å²) in [6.07, 6.45) is 2.42. The van der Waals surface area contributed by atoms with E-state index in [0.29, 0.717) is 0 Å². The number of carbonyl (C=O) groups excluding carboxylic acids is 4. The molecular formula is C34H20Cl3F5N2O5. The van der Waals surface area contributed by atoms with Crippen LogP contribution in [0.4, 0.5) is 33.3 Å². The lowest BCUT2D eigenvalue weighted by atomic mass is 9.56. The van der Waals surface area contributed by atoms with Crippen LogP contribution in [0.3, 0.4) is 0 Å². The van der Waals surface area contributed by atoms with Crippen molar-refractivity contribution in [3.8, 4) is 5.75 Å². The molecule has 15 heteroatoms. The zero-order chi connectivity index (χ0) is 35.5. The molecule has 4 aliphatic rings. The van der Waals surface area contributed by atoms with Crippen molar-refractivity contribution < 1.29 is 46.2 Å². The fraction of sp³-hybridized carbons (Fsp3) is 0.235. The molecule has 0 bridgehead atoms. The smallest absolute Gasteiger partial charge is 0.258 e. The van der Waals surface area contributed by atoms with Crippen molar-refractivity contribution in [2.24, 2.45) is 17.8 Å². The van der Waals surface area contributed by atoms with Gasteiger partial charge in [0.25, 0.3) is 11.8 Å². The van der Waals surface area contributed by atoms with Crippen LogP contribution in [0, 0.1) is 46.8 Å². The Hall–Kier alpha value is -4.26. The third-order valence-corrected chi connectivity index (χ3v) is 11.6. The number of allylic oxidation sites excluding steroid dienone is 2. The number of nitrogens with zero attached hydrogens (tertiary/aromatic N) is 2. The minimum Gasteiger partial charge on any atom is -0.508 e. The molecule has 0 unspecified atom stereocenters. The topological polar surface area (TPSA) is 95.0 Å². The van der Waals surface area contributed by atoms with Gasteiger partial charge in [0.1, 0.15) is 11.4 Å². The van der Waals surface area contributed by atoms with Crippen molar-refractivity contribution in [3.63, 3.8) is 0 Å². The number of hydrogen-bond donors (Lipinski definition) is 1. The predicted octanol–water partition coefficient (Wildman–Crippen LogP) is 7.15. The first-order valence-corrected chi connectivity index (χ1v) is 15.8. The number of phenols is 1. The monoisotopic (exact) mass is 736 g/mol. The van der Waals surface area contributed by atoms with E-state index in [2.05, 4.69) is 6.58 Å². The summed E-state index contributed by atoms with van der Waals surface area (Å²) >= 11 is 20.7. The molecule has 3 aromatic rings. The molecule has 2 aliphatic carbocycles. The second kappa shape index (κ2) is 11.1. The number of carbonyl (C=O) groups is 4. The first-order valence-electron chi connectivity index (χ1n) is 14.7. The number of phenolic OH excluding ortho intramolecular Hbond substituents is 1. The summed E-state index contributed by atoms with van der Waals surface area (Å²) < 4.78 is 73.1. The number of aromatic hydroxyl groups is 1. The second-order valence-electron chi connectivity index (χ2n) is 12.2. The first kappa shape index (κ1) is 33.2. The molecule has 252 valence electrons. The Labute approximate surface area is 289 Å². The van der Waals surface area contributed by atoms with Crippen molar-refractivity contribution in [1.29, 1.82) is 0 Å². The highest BCUT2D eigenvalue weighted by molar-refractivity contribution is 6.58. The van der Waals surface area contributed by atoms with Gasteiger partial charge in [-0.3, -0.25) is 24.1 Å². The summed E-state index contributed by atoms with van der Waals surface area (Å²) in [6.45, 7) is 3.68. The number of imide groups is 2. The highest BCUT2D eigenvalue weighted by Gasteiger charge is 2.77. The Morgan fingerprint density at radius 2 is 1.43 bits per heavy atom. The lowest BCUT2D eigenvalue weighted by molar-refractivity contribution is -0.125. The largest absolute Gasteiger partial charge is 0.508 e. The lowest BCUT2D eigenvalue weighted by Gasteiger charge is -2.50. The van der Waals surface area contributed by atoms with Crippen LogP contribution in [0.5, 0.6) is 5.75 Å².